The van der Waals surface area contributed by atoms with Crippen molar-refractivity contribution in [2.75, 3.05) is 5.75 Å². The molecule has 0 fully saturated rings. The number of hydrogen-bond donors (Lipinski definition) is 2. The number of dihydropyridines is 1. The highest BCUT2D eigenvalue weighted by Crippen LogP contribution is 2.43. The largest absolute Gasteiger partial charge is 0.478 e. The minimum Gasteiger partial charge on any atom is -0.478 e. The average molecular weight is 476 g/mol. The summed E-state index contributed by atoms with van der Waals surface area (Å²) in [5.74, 6) is -4.02. The van der Waals surface area contributed by atoms with Gasteiger partial charge in [-0.1, -0.05) is 36.4 Å². The normalized spacial score (nSPS) is 16.9. The molecule has 2 aromatic rings. The van der Waals surface area contributed by atoms with E-state index in [9.17, 15) is 36.8 Å². The van der Waals surface area contributed by atoms with E-state index in [0.717, 1.165) is 18.2 Å². The van der Waals surface area contributed by atoms with Gasteiger partial charge < -0.3 is 10.4 Å². The van der Waals surface area contributed by atoms with Gasteiger partial charge in [0.1, 0.15) is 0 Å². The monoisotopic (exact) mass is 476 g/mol. The third-order valence-electron chi connectivity index (χ3n) is 5.34. The molecular formula is C23H19F3N2O4S. The van der Waals surface area contributed by atoms with E-state index in [1.165, 1.54) is 25.1 Å². The second kappa shape index (κ2) is 8.75. The highest BCUT2D eigenvalue weighted by molar-refractivity contribution is 7.91. The fraction of sp³-hybridized carbons (Fsp3) is 0.217. The molecule has 0 radical (unpaired) electrons. The predicted octanol–water partition coefficient (Wildman–Crippen LogP) is 4.31. The standard InChI is InChI=1S/C23H19F3N2O4S/c1-13-7-3-6-10-19(13)33(31,32)12-18-21(22(29)30)20(16(11-27)14(2)28-18)15-8-4-5-9-17(15)23(24,25)26/h3-10,20,28H,12H2,1-2H3,(H,29,30). The fourth-order valence-electron chi connectivity index (χ4n) is 3.90. The van der Waals surface area contributed by atoms with Crippen LogP contribution in [-0.2, 0) is 20.8 Å². The van der Waals surface area contributed by atoms with E-state index >= 15 is 0 Å². The number of allylic oxidation sites excluding steroid dienone is 2. The van der Waals surface area contributed by atoms with Gasteiger partial charge in [-0.2, -0.15) is 18.4 Å². The topological polar surface area (TPSA) is 107 Å². The Kier molecular flexibility index (Phi) is 6.38. The molecule has 0 spiro atoms. The van der Waals surface area contributed by atoms with Crippen LogP contribution >= 0.6 is 0 Å². The third kappa shape index (κ3) is 4.64. The summed E-state index contributed by atoms with van der Waals surface area (Å²) in [7, 11) is -4.06. The van der Waals surface area contributed by atoms with Gasteiger partial charge in [0, 0.05) is 11.4 Å². The molecule has 172 valence electrons. The van der Waals surface area contributed by atoms with E-state index in [-0.39, 0.29) is 21.9 Å². The first-order chi connectivity index (χ1) is 15.4. The molecule has 2 N–H and O–H groups in total. The predicted molar refractivity (Wildman–Crippen MR) is 114 cm³/mol. The Hall–Kier alpha value is -3.58. The molecule has 33 heavy (non-hydrogen) atoms. The molecule has 0 bridgehead atoms. The Labute approximate surface area is 188 Å². The van der Waals surface area contributed by atoms with Gasteiger partial charge in [-0.15, -0.1) is 0 Å². The minimum absolute atomic E-state index is 0.0241. The zero-order valence-corrected chi connectivity index (χ0v) is 18.4. The van der Waals surface area contributed by atoms with Crippen LogP contribution in [0.25, 0.3) is 0 Å². The lowest BCUT2D eigenvalue weighted by atomic mass is 9.79. The molecule has 0 saturated heterocycles. The Morgan fingerprint density at radius 2 is 1.73 bits per heavy atom. The first kappa shape index (κ1) is 24.1. The molecule has 1 aliphatic rings. The zero-order valence-electron chi connectivity index (χ0n) is 17.6. The van der Waals surface area contributed by atoms with Crippen LogP contribution in [0.4, 0.5) is 13.2 Å². The number of nitrogens with one attached hydrogen (secondary N) is 1. The van der Waals surface area contributed by atoms with E-state index in [0.29, 0.717) is 5.56 Å². The number of rotatable bonds is 5. The molecule has 0 saturated carbocycles. The van der Waals surface area contributed by atoms with Gasteiger partial charge in [0.2, 0.25) is 0 Å². The zero-order chi connectivity index (χ0) is 24.6. The molecule has 1 heterocycles. The van der Waals surface area contributed by atoms with Crippen LogP contribution < -0.4 is 5.32 Å². The van der Waals surface area contributed by atoms with Crippen LogP contribution in [0.5, 0.6) is 0 Å². The van der Waals surface area contributed by atoms with Crippen LogP contribution in [0.1, 0.15) is 29.5 Å². The average Bonchev–Trinajstić information content (AvgIpc) is 2.72. The van der Waals surface area contributed by atoms with Crippen LogP contribution in [0.2, 0.25) is 0 Å². The SMILES string of the molecule is CC1=C(C#N)C(c2ccccc2C(F)(F)F)C(C(=O)O)=C(CS(=O)(=O)c2ccccc2C)N1. The molecular weight excluding hydrogens is 457 g/mol. The van der Waals surface area contributed by atoms with Crippen LogP contribution in [-0.4, -0.2) is 25.2 Å². The van der Waals surface area contributed by atoms with E-state index in [4.69, 9.17) is 0 Å². The van der Waals surface area contributed by atoms with Gasteiger partial charge in [-0.25, -0.2) is 13.2 Å². The molecule has 10 heteroatoms. The summed E-state index contributed by atoms with van der Waals surface area (Å²) in [5, 5.41) is 22.3. The maximum atomic E-state index is 13.7. The van der Waals surface area contributed by atoms with Crippen molar-refractivity contribution in [3.05, 3.63) is 87.8 Å². The molecule has 1 atom stereocenters. The van der Waals surface area contributed by atoms with Gasteiger partial charge in [0.15, 0.2) is 9.84 Å². The van der Waals surface area contributed by atoms with E-state index < -0.39 is 50.4 Å². The van der Waals surface area contributed by atoms with E-state index in [2.05, 4.69) is 5.32 Å². The Morgan fingerprint density at radius 3 is 2.30 bits per heavy atom. The Morgan fingerprint density at radius 1 is 1.12 bits per heavy atom. The summed E-state index contributed by atoms with van der Waals surface area (Å²) in [5.41, 5.74) is -2.16. The third-order valence-corrected chi connectivity index (χ3v) is 7.13. The molecule has 6 nitrogen and oxygen atoms in total. The van der Waals surface area contributed by atoms with E-state index in [1.54, 1.807) is 25.1 Å². The number of carbonyl (C=O) groups is 1. The lowest BCUT2D eigenvalue weighted by Crippen LogP contribution is -2.33. The Bertz CT molecular complexity index is 1340. The van der Waals surface area contributed by atoms with Crippen molar-refractivity contribution in [2.24, 2.45) is 0 Å². The van der Waals surface area contributed by atoms with Crippen molar-refractivity contribution in [1.29, 1.82) is 5.26 Å². The van der Waals surface area contributed by atoms with Crippen molar-refractivity contribution in [2.45, 2.75) is 30.8 Å². The van der Waals surface area contributed by atoms with E-state index in [1.807, 2.05) is 0 Å². The first-order valence-electron chi connectivity index (χ1n) is 9.67. The van der Waals surface area contributed by atoms with Gasteiger partial charge in [-0.3, -0.25) is 0 Å². The maximum absolute atomic E-state index is 13.7. The highest BCUT2D eigenvalue weighted by Gasteiger charge is 2.41. The number of halogens is 3. The first-order valence-corrected chi connectivity index (χ1v) is 11.3. The second-order valence-electron chi connectivity index (χ2n) is 7.52. The number of sulfone groups is 1. The molecule has 1 unspecified atom stereocenters. The van der Waals surface area contributed by atoms with Gasteiger partial charge in [-0.05, 0) is 37.1 Å². The summed E-state index contributed by atoms with van der Waals surface area (Å²) in [6, 6.07) is 12.3. The number of carboxylic acids is 1. The lowest BCUT2D eigenvalue weighted by Gasteiger charge is -2.30. The minimum atomic E-state index is -4.81. The van der Waals surface area contributed by atoms with Crippen LogP contribution in [0.3, 0.4) is 0 Å². The summed E-state index contributed by atoms with van der Waals surface area (Å²) in [6.45, 7) is 2.97. The number of hydrogen-bond acceptors (Lipinski definition) is 5. The number of aliphatic carboxylic acids is 1. The van der Waals surface area contributed by atoms with Crippen molar-refractivity contribution in [1.82, 2.24) is 5.32 Å². The van der Waals surface area contributed by atoms with Crippen molar-refractivity contribution in [3.63, 3.8) is 0 Å². The number of alkyl halides is 3. The smallest absolute Gasteiger partial charge is 0.416 e. The van der Waals surface area contributed by atoms with Crippen LogP contribution in [0, 0.1) is 18.3 Å². The number of aryl methyl sites for hydroxylation is 1. The number of nitriles is 1. The van der Waals surface area contributed by atoms with Crippen LogP contribution in [0.15, 0.2) is 76.0 Å². The van der Waals surface area contributed by atoms with Gasteiger partial charge in [0.25, 0.3) is 0 Å². The second-order valence-corrected chi connectivity index (χ2v) is 9.47. The molecule has 0 amide bonds. The van der Waals surface area contributed by atoms with Crippen molar-refractivity contribution >= 4 is 15.8 Å². The van der Waals surface area contributed by atoms with Crippen molar-refractivity contribution in [3.8, 4) is 6.07 Å². The van der Waals surface area contributed by atoms with Gasteiger partial charge in [0.05, 0.1) is 39.3 Å². The quantitative estimate of drug-likeness (QED) is 0.666. The summed E-state index contributed by atoms with van der Waals surface area (Å²) < 4.78 is 67.3. The number of nitrogens with zero attached hydrogens (tertiary/aromatic N) is 1. The summed E-state index contributed by atoms with van der Waals surface area (Å²) in [4.78, 5) is 12.2. The summed E-state index contributed by atoms with van der Waals surface area (Å²) in [6.07, 6.45) is -4.81. The Balaban J connectivity index is 2.27. The lowest BCUT2D eigenvalue weighted by molar-refractivity contribution is -0.139. The molecule has 0 aromatic heterocycles. The van der Waals surface area contributed by atoms with Crippen molar-refractivity contribution < 1.29 is 31.5 Å². The molecule has 0 aliphatic carbocycles. The molecule has 1 aliphatic heterocycles. The maximum Gasteiger partial charge on any atom is 0.416 e. The number of benzene rings is 2. The highest BCUT2D eigenvalue weighted by atomic mass is 32.2. The summed E-state index contributed by atoms with van der Waals surface area (Å²) >= 11 is 0. The molecule has 2 aromatic carbocycles. The fourth-order valence-corrected chi connectivity index (χ4v) is 5.51. The number of carboxylic acid groups (broad SMARTS) is 1. The van der Waals surface area contributed by atoms with Gasteiger partial charge >= 0.3 is 12.1 Å². The molecule has 3 rings (SSSR count).